The zero-order valence-corrected chi connectivity index (χ0v) is 14.1. The van der Waals surface area contributed by atoms with Crippen molar-refractivity contribution < 1.29 is 24.2 Å². The van der Waals surface area contributed by atoms with Crippen LogP contribution in [0, 0.1) is 5.92 Å². The molecule has 2 rings (SSSR count). The van der Waals surface area contributed by atoms with Gasteiger partial charge in [0.05, 0.1) is 20.1 Å². The van der Waals surface area contributed by atoms with Crippen LogP contribution in [0.15, 0.2) is 18.2 Å². The topological polar surface area (TPSA) is 76.1 Å². The number of likely N-dealkylation sites (tertiary alicyclic amines) is 1. The Morgan fingerprint density at radius 3 is 2.52 bits per heavy atom. The van der Waals surface area contributed by atoms with Crippen LogP contribution in [0.1, 0.15) is 18.4 Å². The molecule has 7 heteroatoms. The molecule has 0 saturated carbocycles. The fraction of sp³-hybridized carbons (Fsp3) is 0.500. The Hall–Kier alpha value is -1.95. The standard InChI is InChI=1S/C16H21NO5.ClH/c1-21-13-5-3-11(9-14(13)22-2)4-6-15(18)17-8-7-12(10-17)16(19)20;/h3,5,9,12H,4,6-8,10H2,1-2H3,(H,19,20);1H. The number of ether oxygens (including phenoxy) is 2. The lowest BCUT2D eigenvalue weighted by Gasteiger charge is -2.16. The minimum absolute atomic E-state index is 0. The lowest BCUT2D eigenvalue weighted by molar-refractivity contribution is -0.141. The fourth-order valence-corrected chi connectivity index (χ4v) is 2.63. The highest BCUT2D eigenvalue weighted by Gasteiger charge is 2.30. The molecule has 1 aliphatic rings. The first kappa shape index (κ1) is 19.1. The third-order valence-corrected chi connectivity index (χ3v) is 3.97. The van der Waals surface area contributed by atoms with E-state index in [-0.39, 0.29) is 18.3 Å². The van der Waals surface area contributed by atoms with E-state index in [0.717, 1.165) is 5.56 Å². The molecule has 1 aliphatic heterocycles. The van der Waals surface area contributed by atoms with E-state index in [9.17, 15) is 9.59 Å². The van der Waals surface area contributed by atoms with Gasteiger partial charge in [0.25, 0.3) is 0 Å². The Morgan fingerprint density at radius 2 is 1.96 bits per heavy atom. The number of halogens is 1. The Balaban J connectivity index is 0.00000264. The number of aliphatic carboxylic acids is 1. The van der Waals surface area contributed by atoms with E-state index in [1.165, 1.54) is 0 Å². The van der Waals surface area contributed by atoms with Gasteiger partial charge in [-0.25, -0.2) is 0 Å². The summed E-state index contributed by atoms with van der Waals surface area (Å²) in [5, 5.41) is 8.96. The van der Waals surface area contributed by atoms with Gasteiger partial charge in [0, 0.05) is 19.5 Å². The Morgan fingerprint density at radius 1 is 1.26 bits per heavy atom. The van der Waals surface area contributed by atoms with Crippen molar-refractivity contribution in [3.8, 4) is 11.5 Å². The number of carbonyl (C=O) groups excluding carboxylic acids is 1. The number of nitrogens with zero attached hydrogens (tertiary/aromatic N) is 1. The van der Waals surface area contributed by atoms with Gasteiger partial charge >= 0.3 is 5.97 Å². The molecule has 0 radical (unpaired) electrons. The monoisotopic (exact) mass is 343 g/mol. The molecule has 1 amide bonds. The van der Waals surface area contributed by atoms with E-state index >= 15 is 0 Å². The van der Waals surface area contributed by atoms with Gasteiger partial charge in [-0.3, -0.25) is 9.59 Å². The molecule has 1 N–H and O–H groups in total. The first-order valence-corrected chi connectivity index (χ1v) is 7.26. The van der Waals surface area contributed by atoms with Gasteiger partial charge in [-0.1, -0.05) is 6.07 Å². The third-order valence-electron chi connectivity index (χ3n) is 3.97. The first-order valence-electron chi connectivity index (χ1n) is 7.26. The number of hydrogen-bond acceptors (Lipinski definition) is 4. The summed E-state index contributed by atoms with van der Waals surface area (Å²) >= 11 is 0. The molecule has 23 heavy (non-hydrogen) atoms. The summed E-state index contributed by atoms with van der Waals surface area (Å²) in [6, 6.07) is 5.57. The molecule has 1 aromatic rings. The fourth-order valence-electron chi connectivity index (χ4n) is 2.63. The second-order valence-corrected chi connectivity index (χ2v) is 5.35. The van der Waals surface area contributed by atoms with Crippen LogP contribution >= 0.6 is 12.4 Å². The molecular weight excluding hydrogens is 322 g/mol. The summed E-state index contributed by atoms with van der Waals surface area (Å²) in [6.07, 6.45) is 1.49. The maximum Gasteiger partial charge on any atom is 0.308 e. The summed E-state index contributed by atoms with van der Waals surface area (Å²) in [5.74, 6) is 0.0414. The molecule has 6 nitrogen and oxygen atoms in total. The maximum atomic E-state index is 12.1. The van der Waals surface area contributed by atoms with E-state index in [2.05, 4.69) is 0 Å². The number of carboxylic acid groups (broad SMARTS) is 1. The van der Waals surface area contributed by atoms with E-state index in [4.69, 9.17) is 14.6 Å². The zero-order valence-electron chi connectivity index (χ0n) is 13.3. The molecule has 0 aromatic heterocycles. The lowest BCUT2D eigenvalue weighted by atomic mass is 10.1. The van der Waals surface area contributed by atoms with Crippen molar-refractivity contribution in [1.82, 2.24) is 4.90 Å². The number of methoxy groups -OCH3 is 2. The molecule has 1 aromatic carbocycles. The van der Waals surface area contributed by atoms with Crippen LogP contribution in [0.25, 0.3) is 0 Å². The van der Waals surface area contributed by atoms with E-state index in [0.29, 0.717) is 43.9 Å². The van der Waals surface area contributed by atoms with Gasteiger partial charge in [0.2, 0.25) is 5.91 Å². The average Bonchev–Trinajstić information content (AvgIpc) is 3.02. The molecular formula is C16H22ClNO5. The van der Waals surface area contributed by atoms with Gasteiger partial charge < -0.3 is 19.5 Å². The Kier molecular flexibility index (Phi) is 7.16. The minimum atomic E-state index is -0.824. The van der Waals surface area contributed by atoms with E-state index in [1.807, 2.05) is 18.2 Å². The summed E-state index contributed by atoms with van der Waals surface area (Å²) in [5.41, 5.74) is 0.986. The highest BCUT2D eigenvalue weighted by atomic mass is 35.5. The van der Waals surface area contributed by atoms with Gasteiger partial charge in [-0.2, -0.15) is 0 Å². The number of carbonyl (C=O) groups is 2. The Labute approximate surface area is 141 Å². The normalized spacial score (nSPS) is 16.6. The first-order chi connectivity index (χ1) is 10.5. The predicted octanol–water partition coefficient (Wildman–Crippen LogP) is 1.99. The molecule has 0 aliphatic carbocycles. The van der Waals surface area contributed by atoms with Gasteiger partial charge in [0.15, 0.2) is 11.5 Å². The lowest BCUT2D eigenvalue weighted by Crippen LogP contribution is -2.30. The Bertz CT molecular complexity index is 563. The SMILES string of the molecule is COc1ccc(CCC(=O)N2CCC(C(=O)O)C2)cc1OC.Cl. The highest BCUT2D eigenvalue weighted by Crippen LogP contribution is 2.28. The summed E-state index contributed by atoms with van der Waals surface area (Å²) < 4.78 is 10.4. The molecule has 1 fully saturated rings. The van der Waals surface area contributed by atoms with Crippen LogP contribution in [-0.2, 0) is 16.0 Å². The van der Waals surface area contributed by atoms with Gasteiger partial charge in [0.1, 0.15) is 0 Å². The van der Waals surface area contributed by atoms with Crippen molar-refractivity contribution in [2.75, 3.05) is 27.3 Å². The van der Waals surface area contributed by atoms with E-state index in [1.54, 1.807) is 19.1 Å². The second-order valence-electron chi connectivity index (χ2n) is 5.35. The number of amides is 1. The molecule has 0 bridgehead atoms. The van der Waals surface area contributed by atoms with Crippen molar-refractivity contribution in [2.24, 2.45) is 5.92 Å². The number of carboxylic acids is 1. The predicted molar refractivity (Wildman–Crippen MR) is 87.4 cm³/mol. The van der Waals surface area contributed by atoms with Crippen LogP contribution in [-0.4, -0.2) is 49.2 Å². The molecule has 0 spiro atoms. The number of benzene rings is 1. The quantitative estimate of drug-likeness (QED) is 0.854. The van der Waals surface area contributed by atoms with Crippen molar-refractivity contribution in [1.29, 1.82) is 0 Å². The smallest absolute Gasteiger partial charge is 0.308 e. The van der Waals surface area contributed by atoms with Crippen LogP contribution < -0.4 is 9.47 Å². The third kappa shape index (κ3) is 4.76. The van der Waals surface area contributed by atoms with Crippen molar-refractivity contribution >= 4 is 24.3 Å². The minimum Gasteiger partial charge on any atom is -0.493 e. The van der Waals surface area contributed by atoms with Crippen molar-refractivity contribution in [2.45, 2.75) is 19.3 Å². The van der Waals surface area contributed by atoms with Crippen LogP contribution in [0.4, 0.5) is 0 Å². The molecule has 1 atom stereocenters. The van der Waals surface area contributed by atoms with Crippen LogP contribution in [0.5, 0.6) is 11.5 Å². The van der Waals surface area contributed by atoms with E-state index < -0.39 is 11.9 Å². The molecule has 1 saturated heterocycles. The van der Waals surface area contributed by atoms with Crippen molar-refractivity contribution in [3.05, 3.63) is 23.8 Å². The molecule has 1 heterocycles. The summed E-state index contributed by atoms with van der Waals surface area (Å²) in [7, 11) is 3.15. The average molecular weight is 344 g/mol. The van der Waals surface area contributed by atoms with Crippen LogP contribution in [0.3, 0.4) is 0 Å². The molecule has 1 unspecified atom stereocenters. The van der Waals surface area contributed by atoms with Gasteiger partial charge in [-0.15, -0.1) is 12.4 Å². The van der Waals surface area contributed by atoms with Crippen LogP contribution in [0.2, 0.25) is 0 Å². The zero-order chi connectivity index (χ0) is 16.1. The highest BCUT2D eigenvalue weighted by molar-refractivity contribution is 5.85. The molecule has 128 valence electrons. The van der Waals surface area contributed by atoms with Crippen molar-refractivity contribution in [3.63, 3.8) is 0 Å². The summed E-state index contributed by atoms with van der Waals surface area (Å²) in [4.78, 5) is 24.7. The number of aryl methyl sites for hydroxylation is 1. The van der Waals surface area contributed by atoms with Gasteiger partial charge in [-0.05, 0) is 30.5 Å². The summed E-state index contributed by atoms with van der Waals surface area (Å²) in [6.45, 7) is 0.849. The number of rotatable bonds is 6. The second kappa shape index (κ2) is 8.62. The number of hydrogen-bond donors (Lipinski definition) is 1. The maximum absolute atomic E-state index is 12.1. The largest absolute Gasteiger partial charge is 0.493 e.